The number of allylic oxidation sites excluding steroid dienone is 2. The molecular formula is C22H14Br2O3. The summed E-state index contributed by atoms with van der Waals surface area (Å²) in [4.78, 5) is 24.3. The molecule has 3 rings (SSSR count). The summed E-state index contributed by atoms with van der Waals surface area (Å²) < 4.78 is 7.44. The maximum absolute atomic E-state index is 12.1. The smallest absolute Gasteiger partial charge is 0.185 e. The molecule has 1 heterocycles. The van der Waals surface area contributed by atoms with E-state index in [1.807, 2.05) is 24.3 Å². The van der Waals surface area contributed by atoms with E-state index in [1.54, 1.807) is 48.6 Å². The molecule has 0 N–H and O–H groups in total. The molecule has 5 heteroatoms. The highest BCUT2D eigenvalue weighted by molar-refractivity contribution is 9.10. The van der Waals surface area contributed by atoms with Crippen molar-refractivity contribution in [1.29, 1.82) is 0 Å². The Morgan fingerprint density at radius 1 is 0.630 bits per heavy atom. The van der Waals surface area contributed by atoms with Crippen LogP contribution in [0.4, 0.5) is 0 Å². The van der Waals surface area contributed by atoms with Crippen LogP contribution in [0, 0.1) is 0 Å². The summed E-state index contributed by atoms with van der Waals surface area (Å²) in [7, 11) is 0. The van der Waals surface area contributed by atoms with Gasteiger partial charge in [0.15, 0.2) is 11.6 Å². The van der Waals surface area contributed by atoms with E-state index in [4.69, 9.17) is 4.42 Å². The Bertz CT molecular complexity index is 928. The highest BCUT2D eigenvalue weighted by Gasteiger charge is 2.04. The molecule has 0 aliphatic heterocycles. The monoisotopic (exact) mass is 484 g/mol. The lowest BCUT2D eigenvalue weighted by Gasteiger charge is -1.95. The van der Waals surface area contributed by atoms with E-state index in [-0.39, 0.29) is 11.6 Å². The van der Waals surface area contributed by atoms with E-state index in [9.17, 15) is 9.59 Å². The Labute approximate surface area is 173 Å². The van der Waals surface area contributed by atoms with Crippen LogP contribution in [-0.2, 0) is 0 Å². The van der Waals surface area contributed by atoms with Gasteiger partial charge < -0.3 is 4.42 Å². The summed E-state index contributed by atoms with van der Waals surface area (Å²) in [5.74, 6) is 0.857. The number of halogens is 2. The minimum absolute atomic E-state index is 0.110. The van der Waals surface area contributed by atoms with Gasteiger partial charge in [-0.25, -0.2) is 0 Å². The Kier molecular flexibility index (Phi) is 6.37. The van der Waals surface area contributed by atoms with Crippen molar-refractivity contribution in [2.75, 3.05) is 0 Å². The van der Waals surface area contributed by atoms with Crippen molar-refractivity contribution >= 4 is 55.6 Å². The molecule has 0 atom stereocenters. The van der Waals surface area contributed by atoms with Gasteiger partial charge in [0.25, 0.3) is 0 Å². The van der Waals surface area contributed by atoms with Crippen LogP contribution in [0.3, 0.4) is 0 Å². The maximum Gasteiger partial charge on any atom is 0.185 e. The lowest BCUT2D eigenvalue weighted by Crippen LogP contribution is -1.93. The zero-order chi connectivity index (χ0) is 19.2. The van der Waals surface area contributed by atoms with E-state index in [1.165, 1.54) is 12.2 Å². The topological polar surface area (TPSA) is 47.3 Å². The second-order valence-corrected chi connectivity index (χ2v) is 7.48. The maximum atomic E-state index is 12.1. The summed E-state index contributed by atoms with van der Waals surface area (Å²) in [6.07, 6.45) is 6.14. The molecule has 1 aromatic heterocycles. The first-order valence-electron chi connectivity index (χ1n) is 8.07. The zero-order valence-electron chi connectivity index (χ0n) is 14.1. The van der Waals surface area contributed by atoms with Gasteiger partial charge >= 0.3 is 0 Å². The van der Waals surface area contributed by atoms with Crippen LogP contribution in [0.5, 0.6) is 0 Å². The molecule has 0 spiro atoms. The van der Waals surface area contributed by atoms with Crippen LogP contribution in [0.25, 0.3) is 12.2 Å². The van der Waals surface area contributed by atoms with Gasteiger partial charge in [0.2, 0.25) is 0 Å². The molecule has 0 aliphatic rings. The van der Waals surface area contributed by atoms with Crippen LogP contribution in [0.15, 0.2) is 86.2 Å². The number of carbonyl (C=O) groups is 2. The third kappa shape index (κ3) is 5.49. The van der Waals surface area contributed by atoms with E-state index in [2.05, 4.69) is 31.9 Å². The molecule has 0 radical (unpaired) electrons. The Morgan fingerprint density at radius 3 is 1.37 bits per heavy atom. The highest BCUT2D eigenvalue weighted by atomic mass is 79.9. The molecule has 2 aromatic carbocycles. The van der Waals surface area contributed by atoms with Crippen molar-refractivity contribution in [3.05, 3.63) is 104 Å². The normalized spacial score (nSPS) is 11.3. The van der Waals surface area contributed by atoms with Crippen LogP contribution >= 0.6 is 31.9 Å². The largest absolute Gasteiger partial charge is 0.457 e. The number of hydrogen-bond donors (Lipinski definition) is 0. The first-order chi connectivity index (χ1) is 13.0. The number of ketones is 2. The SMILES string of the molecule is O=C(C=Cc1ccc(C=CC(=O)c2ccc(Br)cc2)o1)c1ccc(Br)cc1. The fourth-order valence-corrected chi connectivity index (χ4v) is 2.81. The highest BCUT2D eigenvalue weighted by Crippen LogP contribution is 2.15. The molecule has 0 bridgehead atoms. The fraction of sp³-hybridized carbons (Fsp3) is 0. The summed E-state index contributed by atoms with van der Waals surface area (Å²) >= 11 is 6.68. The van der Waals surface area contributed by atoms with Crippen molar-refractivity contribution in [1.82, 2.24) is 0 Å². The molecule has 0 saturated heterocycles. The van der Waals surface area contributed by atoms with E-state index < -0.39 is 0 Å². The van der Waals surface area contributed by atoms with Crippen molar-refractivity contribution in [2.24, 2.45) is 0 Å². The Hall–Kier alpha value is -2.50. The average molecular weight is 486 g/mol. The molecule has 0 saturated carbocycles. The molecule has 134 valence electrons. The minimum Gasteiger partial charge on any atom is -0.457 e. The van der Waals surface area contributed by atoms with E-state index >= 15 is 0 Å². The predicted molar refractivity (Wildman–Crippen MR) is 114 cm³/mol. The number of furan rings is 1. The molecule has 27 heavy (non-hydrogen) atoms. The first kappa shape index (κ1) is 19.3. The molecule has 3 aromatic rings. The first-order valence-corrected chi connectivity index (χ1v) is 9.66. The third-order valence-electron chi connectivity index (χ3n) is 3.70. The lowest BCUT2D eigenvalue weighted by molar-refractivity contribution is 0.103. The van der Waals surface area contributed by atoms with Gasteiger partial charge in [0.1, 0.15) is 11.5 Å². The molecule has 0 fully saturated rings. The second kappa shape index (κ2) is 8.93. The lowest BCUT2D eigenvalue weighted by atomic mass is 10.1. The van der Waals surface area contributed by atoms with Gasteiger partial charge in [-0.2, -0.15) is 0 Å². The summed E-state index contributed by atoms with van der Waals surface area (Å²) in [5, 5.41) is 0. The number of rotatable bonds is 6. The van der Waals surface area contributed by atoms with Crippen molar-refractivity contribution < 1.29 is 14.0 Å². The standard InChI is InChI=1S/C22H14Br2O3/c23-17-5-1-15(2-6-17)21(25)13-11-19-9-10-20(27-19)12-14-22(26)16-3-7-18(24)8-4-16/h1-14H. The van der Waals surface area contributed by atoms with E-state index in [0.717, 1.165) is 8.95 Å². The predicted octanol–water partition coefficient (Wildman–Crippen LogP) is 6.60. The quantitative estimate of drug-likeness (QED) is 0.292. The van der Waals surface area contributed by atoms with Gasteiger partial charge in [0.05, 0.1) is 0 Å². The average Bonchev–Trinajstić information content (AvgIpc) is 3.13. The Morgan fingerprint density at radius 2 is 1.00 bits per heavy atom. The summed E-state index contributed by atoms with van der Waals surface area (Å²) in [6, 6.07) is 17.8. The van der Waals surface area contributed by atoms with Crippen LogP contribution in [-0.4, -0.2) is 11.6 Å². The molecular weight excluding hydrogens is 472 g/mol. The van der Waals surface area contributed by atoms with Gasteiger partial charge in [-0.15, -0.1) is 0 Å². The Balaban J connectivity index is 1.64. The second-order valence-electron chi connectivity index (χ2n) is 5.65. The van der Waals surface area contributed by atoms with Gasteiger partial charge in [-0.1, -0.05) is 31.9 Å². The van der Waals surface area contributed by atoms with Gasteiger partial charge in [-0.3, -0.25) is 9.59 Å². The molecule has 0 amide bonds. The molecule has 0 unspecified atom stereocenters. The zero-order valence-corrected chi connectivity index (χ0v) is 17.2. The summed E-state index contributed by atoms with van der Waals surface area (Å²) in [6.45, 7) is 0. The van der Waals surface area contributed by atoms with Gasteiger partial charge in [0, 0.05) is 20.1 Å². The molecule has 3 nitrogen and oxygen atoms in total. The number of carbonyl (C=O) groups excluding carboxylic acids is 2. The van der Waals surface area contributed by atoms with Crippen molar-refractivity contribution in [3.63, 3.8) is 0 Å². The molecule has 0 aliphatic carbocycles. The minimum atomic E-state index is -0.110. The third-order valence-corrected chi connectivity index (χ3v) is 4.76. The van der Waals surface area contributed by atoms with Crippen molar-refractivity contribution in [3.8, 4) is 0 Å². The van der Waals surface area contributed by atoms with Gasteiger partial charge in [-0.05, 0) is 85.0 Å². The van der Waals surface area contributed by atoms with E-state index in [0.29, 0.717) is 22.6 Å². The number of hydrogen-bond acceptors (Lipinski definition) is 3. The van der Waals surface area contributed by atoms with Crippen molar-refractivity contribution in [2.45, 2.75) is 0 Å². The van der Waals surface area contributed by atoms with Crippen LogP contribution < -0.4 is 0 Å². The van der Waals surface area contributed by atoms with Crippen LogP contribution in [0.1, 0.15) is 32.2 Å². The van der Waals surface area contributed by atoms with Crippen LogP contribution in [0.2, 0.25) is 0 Å². The fourth-order valence-electron chi connectivity index (χ4n) is 2.28. The summed E-state index contributed by atoms with van der Waals surface area (Å²) in [5.41, 5.74) is 1.20. The number of benzene rings is 2.